The van der Waals surface area contributed by atoms with Gasteiger partial charge < -0.3 is 5.32 Å². The lowest BCUT2D eigenvalue weighted by molar-refractivity contribution is -0.115. The molecule has 0 saturated heterocycles. The predicted molar refractivity (Wildman–Crippen MR) is 89.9 cm³/mol. The Morgan fingerprint density at radius 2 is 1.77 bits per heavy atom. The van der Waals surface area contributed by atoms with Crippen LogP contribution in [0, 0.1) is 0 Å². The SMILES string of the molecule is C[C@@H](Sc1ccccc1)C(=O)Nc1cccc(S(C)(=O)=O)c1. The van der Waals surface area contributed by atoms with Crippen molar-refractivity contribution in [1.29, 1.82) is 0 Å². The lowest BCUT2D eigenvalue weighted by Gasteiger charge is -2.12. The van der Waals surface area contributed by atoms with Crippen molar-refractivity contribution in [2.45, 2.75) is 22.0 Å². The van der Waals surface area contributed by atoms with E-state index in [0.717, 1.165) is 11.2 Å². The summed E-state index contributed by atoms with van der Waals surface area (Å²) in [5.41, 5.74) is 0.480. The maximum Gasteiger partial charge on any atom is 0.237 e. The molecule has 0 fully saturated rings. The second-order valence-electron chi connectivity index (χ2n) is 4.86. The highest BCUT2D eigenvalue weighted by molar-refractivity contribution is 8.00. The van der Waals surface area contributed by atoms with Crippen molar-refractivity contribution in [2.75, 3.05) is 11.6 Å². The summed E-state index contributed by atoms with van der Waals surface area (Å²) in [7, 11) is -3.29. The zero-order chi connectivity index (χ0) is 16.2. The first-order valence-electron chi connectivity index (χ1n) is 6.69. The van der Waals surface area contributed by atoms with Crippen molar-refractivity contribution < 1.29 is 13.2 Å². The van der Waals surface area contributed by atoms with Crippen LogP contribution in [0.5, 0.6) is 0 Å². The minimum atomic E-state index is -3.29. The van der Waals surface area contributed by atoms with E-state index in [-0.39, 0.29) is 16.1 Å². The molecule has 0 aliphatic rings. The summed E-state index contributed by atoms with van der Waals surface area (Å²) in [4.78, 5) is 13.4. The summed E-state index contributed by atoms with van der Waals surface area (Å²) in [6.45, 7) is 1.81. The number of amides is 1. The standard InChI is InChI=1S/C16H17NO3S2/c1-12(21-14-8-4-3-5-9-14)16(18)17-13-7-6-10-15(11-13)22(2,19)20/h3-12H,1-2H3,(H,17,18)/t12-/m1/s1. The van der Waals surface area contributed by atoms with Gasteiger partial charge in [-0.15, -0.1) is 11.8 Å². The number of carbonyl (C=O) groups is 1. The molecule has 0 spiro atoms. The molecule has 2 rings (SSSR count). The van der Waals surface area contributed by atoms with Gasteiger partial charge in [0, 0.05) is 16.8 Å². The lowest BCUT2D eigenvalue weighted by atomic mass is 10.3. The van der Waals surface area contributed by atoms with Gasteiger partial charge in [0.2, 0.25) is 5.91 Å². The number of benzene rings is 2. The zero-order valence-corrected chi connectivity index (χ0v) is 13.9. The highest BCUT2D eigenvalue weighted by Crippen LogP contribution is 2.24. The van der Waals surface area contributed by atoms with Crippen LogP contribution in [0.3, 0.4) is 0 Å². The number of rotatable bonds is 5. The monoisotopic (exact) mass is 335 g/mol. The second-order valence-corrected chi connectivity index (χ2v) is 8.29. The molecule has 116 valence electrons. The van der Waals surface area contributed by atoms with Crippen LogP contribution in [-0.4, -0.2) is 25.8 Å². The predicted octanol–water partition coefficient (Wildman–Crippen LogP) is 3.21. The molecule has 6 heteroatoms. The van der Waals surface area contributed by atoms with Crippen LogP contribution in [0.4, 0.5) is 5.69 Å². The van der Waals surface area contributed by atoms with Crippen molar-refractivity contribution in [1.82, 2.24) is 0 Å². The van der Waals surface area contributed by atoms with Gasteiger partial charge in [-0.2, -0.15) is 0 Å². The Kier molecular flexibility index (Phi) is 5.26. The smallest absolute Gasteiger partial charge is 0.237 e. The topological polar surface area (TPSA) is 63.2 Å². The Labute approximate surface area is 134 Å². The van der Waals surface area contributed by atoms with Gasteiger partial charge in [-0.1, -0.05) is 24.3 Å². The first-order chi connectivity index (χ1) is 10.4. The second kappa shape index (κ2) is 6.98. The van der Waals surface area contributed by atoms with Gasteiger partial charge in [0.1, 0.15) is 0 Å². The average molecular weight is 335 g/mol. The molecule has 0 saturated carbocycles. The molecular weight excluding hydrogens is 318 g/mol. The Morgan fingerprint density at radius 1 is 1.09 bits per heavy atom. The highest BCUT2D eigenvalue weighted by atomic mass is 32.2. The Hall–Kier alpha value is -1.79. The van der Waals surface area contributed by atoms with Crippen LogP contribution in [-0.2, 0) is 14.6 Å². The molecule has 0 aliphatic carbocycles. The summed E-state index contributed by atoms with van der Waals surface area (Å²) in [6, 6.07) is 15.9. The normalized spacial score (nSPS) is 12.6. The van der Waals surface area contributed by atoms with Crippen molar-refractivity contribution in [2.24, 2.45) is 0 Å². The molecule has 0 heterocycles. The zero-order valence-electron chi connectivity index (χ0n) is 12.3. The summed E-state index contributed by atoms with van der Waals surface area (Å²) in [5.74, 6) is -0.167. The van der Waals surface area contributed by atoms with Crippen LogP contribution in [0.2, 0.25) is 0 Å². The van der Waals surface area contributed by atoms with Gasteiger partial charge in [0.25, 0.3) is 0 Å². The van der Waals surface area contributed by atoms with E-state index in [2.05, 4.69) is 5.32 Å². The molecule has 1 amide bonds. The average Bonchev–Trinajstić information content (AvgIpc) is 2.47. The maximum atomic E-state index is 12.2. The molecule has 22 heavy (non-hydrogen) atoms. The highest BCUT2D eigenvalue weighted by Gasteiger charge is 2.15. The molecule has 2 aromatic carbocycles. The number of anilines is 1. The van der Waals surface area contributed by atoms with Crippen molar-refractivity contribution in [3.05, 3.63) is 54.6 Å². The quantitative estimate of drug-likeness (QED) is 0.852. The van der Waals surface area contributed by atoms with E-state index in [4.69, 9.17) is 0 Å². The summed E-state index contributed by atoms with van der Waals surface area (Å²) in [5, 5.41) is 2.46. The van der Waals surface area contributed by atoms with Crippen LogP contribution >= 0.6 is 11.8 Å². The molecule has 0 aliphatic heterocycles. The fraction of sp³-hybridized carbons (Fsp3) is 0.188. The number of sulfone groups is 1. The molecule has 0 bridgehead atoms. The number of nitrogens with one attached hydrogen (secondary N) is 1. The Balaban J connectivity index is 2.06. The van der Waals surface area contributed by atoms with Gasteiger partial charge in [0.05, 0.1) is 10.1 Å². The van der Waals surface area contributed by atoms with Crippen molar-refractivity contribution in [3.8, 4) is 0 Å². The van der Waals surface area contributed by atoms with Crippen LogP contribution in [0.15, 0.2) is 64.4 Å². The van der Waals surface area contributed by atoms with Gasteiger partial charge >= 0.3 is 0 Å². The first-order valence-corrected chi connectivity index (χ1v) is 9.46. The largest absolute Gasteiger partial charge is 0.325 e. The third-order valence-corrected chi connectivity index (χ3v) is 5.18. The molecular formula is C16H17NO3S2. The number of hydrogen-bond acceptors (Lipinski definition) is 4. The van der Waals surface area contributed by atoms with Crippen LogP contribution in [0.1, 0.15) is 6.92 Å². The minimum absolute atomic E-state index is 0.167. The summed E-state index contributed by atoms with van der Waals surface area (Å²) >= 11 is 1.45. The van der Waals surface area contributed by atoms with Gasteiger partial charge in [0.15, 0.2) is 9.84 Å². The van der Waals surface area contributed by atoms with E-state index in [0.29, 0.717) is 5.69 Å². The fourth-order valence-corrected chi connectivity index (χ4v) is 3.36. The Morgan fingerprint density at radius 3 is 2.41 bits per heavy atom. The molecule has 4 nitrogen and oxygen atoms in total. The maximum absolute atomic E-state index is 12.2. The van der Waals surface area contributed by atoms with Crippen molar-refractivity contribution >= 4 is 33.2 Å². The molecule has 2 aromatic rings. The summed E-state index contributed by atoms with van der Waals surface area (Å²) in [6.07, 6.45) is 1.14. The van der Waals surface area contributed by atoms with E-state index in [9.17, 15) is 13.2 Å². The number of thioether (sulfide) groups is 1. The Bertz CT molecular complexity index is 758. The van der Waals surface area contributed by atoms with Gasteiger partial charge in [-0.3, -0.25) is 4.79 Å². The molecule has 1 N–H and O–H groups in total. The minimum Gasteiger partial charge on any atom is -0.325 e. The summed E-state index contributed by atoms with van der Waals surface area (Å²) < 4.78 is 23.1. The van der Waals surface area contributed by atoms with E-state index in [1.807, 2.05) is 37.3 Å². The fourth-order valence-electron chi connectivity index (χ4n) is 1.81. The van der Waals surface area contributed by atoms with Crippen LogP contribution < -0.4 is 5.32 Å². The van der Waals surface area contributed by atoms with Crippen LogP contribution in [0.25, 0.3) is 0 Å². The first kappa shape index (κ1) is 16.6. The molecule has 0 radical (unpaired) electrons. The van der Waals surface area contributed by atoms with Gasteiger partial charge in [-0.05, 0) is 37.3 Å². The number of hydrogen-bond donors (Lipinski definition) is 1. The van der Waals surface area contributed by atoms with E-state index in [1.54, 1.807) is 12.1 Å². The van der Waals surface area contributed by atoms with Crippen molar-refractivity contribution in [3.63, 3.8) is 0 Å². The van der Waals surface area contributed by atoms with E-state index >= 15 is 0 Å². The van der Waals surface area contributed by atoms with E-state index < -0.39 is 9.84 Å². The number of carbonyl (C=O) groups excluding carboxylic acids is 1. The van der Waals surface area contributed by atoms with E-state index in [1.165, 1.54) is 23.9 Å². The third-order valence-electron chi connectivity index (χ3n) is 2.96. The third kappa shape index (κ3) is 4.61. The molecule has 0 unspecified atom stereocenters. The lowest BCUT2D eigenvalue weighted by Crippen LogP contribution is -2.22. The molecule has 0 aromatic heterocycles. The van der Waals surface area contributed by atoms with Gasteiger partial charge in [-0.25, -0.2) is 8.42 Å². The molecule has 1 atom stereocenters.